The predicted octanol–water partition coefficient (Wildman–Crippen LogP) is 1.97. The van der Waals surface area contributed by atoms with Crippen LogP contribution in [-0.4, -0.2) is 51.8 Å². The van der Waals surface area contributed by atoms with E-state index in [1.54, 1.807) is 11.1 Å². The number of para-hydroxylation sites is 2. The largest absolute Gasteiger partial charge is 0.490 e. The number of carbonyl (C=O) groups excluding carboxylic acids is 2. The van der Waals surface area contributed by atoms with Crippen LogP contribution in [0.5, 0.6) is 5.75 Å². The molecule has 2 aromatic rings. The molecule has 2 N–H and O–H groups in total. The van der Waals surface area contributed by atoms with Crippen molar-refractivity contribution >= 4 is 23.5 Å². The number of fused-ring (bicyclic) bond motifs is 1. The Labute approximate surface area is 175 Å². The number of hydrogen-bond acceptors (Lipinski definition) is 5. The quantitative estimate of drug-likeness (QED) is 0.707. The SMILES string of the molecule is CCn1ccnc1CNC(=O)CCN1C(=O)COc2ccccc21.O=C(O)C(F)(F)F. The van der Waals surface area contributed by atoms with E-state index >= 15 is 0 Å². The molecule has 1 aromatic heterocycles. The summed E-state index contributed by atoms with van der Waals surface area (Å²) in [6, 6.07) is 7.34. The summed E-state index contributed by atoms with van der Waals surface area (Å²) in [5, 5.41) is 9.97. The van der Waals surface area contributed by atoms with Crippen molar-refractivity contribution in [2.24, 2.45) is 0 Å². The fourth-order valence-electron chi connectivity index (χ4n) is 2.67. The standard InChI is InChI=1S/C17H20N4O3.C2HF3O2/c1-2-20-10-8-18-15(20)11-19-16(22)7-9-21-13-5-3-4-6-14(13)24-12-17(21)23;3-2(4,5)1(6)7/h3-6,8,10H,2,7,9,11-12H2,1H3,(H,19,22);(H,6,7). The molecule has 1 aromatic carbocycles. The summed E-state index contributed by atoms with van der Waals surface area (Å²) in [7, 11) is 0. The number of imidazole rings is 1. The lowest BCUT2D eigenvalue weighted by molar-refractivity contribution is -0.192. The van der Waals surface area contributed by atoms with E-state index in [0.29, 0.717) is 24.5 Å². The van der Waals surface area contributed by atoms with Crippen LogP contribution in [0.1, 0.15) is 19.2 Å². The van der Waals surface area contributed by atoms with Crippen molar-refractivity contribution in [2.75, 3.05) is 18.1 Å². The summed E-state index contributed by atoms with van der Waals surface area (Å²) < 4.78 is 39.1. The number of carboxylic acids is 1. The molecule has 9 nitrogen and oxygen atoms in total. The van der Waals surface area contributed by atoms with Crippen molar-refractivity contribution in [3.8, 4) is 5.75 Å². The molecule has 0 radical (unpaired) electrons. The Balaban J connectivity index is 0.000000423. The van der Waals surface area contributed by atoms with Crippen molar-refractivity contribution in [2.45, 2.75) is 32.6 Å². The van der Waals surface area contributed by atoms with Crippen LogP contribution in [0.15, 0.2) is 36.7 Å². The van der Waals surface area contributed by atoms with Crippen molar-refractivity contribution in [1.82, 2.24) is 14.9 Å². The van der Waals surface area contributed by atoms with Crippen molar-refractivity contribution in [3.63, 3.8) is 0 Å². The Bertz CT molecular complexity index is 929. The third-order valence-corrected chi connectivity index (χ3v) is 4.20. The normalized spacial score (nSPS) is 12.9. The van der Waals surface area contributed by atoms with Gasteiger partial charge < -0.3 is 24.6 Å². The topological polar surface area (TPSA) is 114 Å². The van der Waals surface area contributed by atoms with Gasteiger partial charge in [0.2, 0.25) is 5.91 Å². The lowest BCUT2D eigenvalue weighted by atomic mass is 10.2. The summed E-state index contributed by atoms with van der Waals surface area (Å²) in [6.45, 7) is 3.55. The number of hydrogen-bond donors (Lipinski definition) is 2. The number of halogens is 3. The summed E-state index contributed by atoms with van der Waals surface area (Å²) >= 11 is 0. The van der Waals surface area contributed by atoms with E-state index in [9.17, 15) is 22.8 Å². The number of aryl methyl sites for hydroxylation is 1. The van der Waals surface area contributed by atoms with E-state index < -0.39 is 12.1 Å². The maximum atomic E-state index is 12.1. The van der Waals surface area contributed by atoms with Crippen molar-refractivity contribution < 1.29 is 37.4 Å². The fourth-order valence-corrected chi connectivity index (χ4v) is 2.67. The minimum atomic E-state index is -5.08. The van der Waals surface area contributed by atoms with E-state index in [4.69, 9.17) is 14.6 Å². The Morgan fingerprint density at radius 3 is 2.61 bits per heavy atom. The summed E-state index contributed by atoms with van der Waals surface area (Å²) in [4.78, 5) is 38.9. The minimum Gasteiger partial charge on any atom is -0.482 e. The van der Waals surface area contributed by atoms with E-state index in [1.807, 2.05) is 42.0 Å². The van der Waals surface area contributed by atoms with Gasteiger partial charge in [-0.25, -0.2) is 9.78 Å². The Morgan fingerprint density at radius 2 is 1.97 bits per heavy atom. The molecule has 1 aliphatic heterocycles. The molecule has 0 atom stereocenters. The van der Waals surface area contributed by atoms with Gasteiger partial charge in [-0.2, -0.15) is 13.2 Å². The van der Waals surface area contributed by atoms with Crippen LogP contribution >= 0.6 is 0 Å². The molecule has 0 spiro atoms. The molecule has 0 saturated carbocycles. The number of aliphatic carboxylic acids is 1. The van der Waals surface area contributed by atoms with Crippen molar-refractivity contribution in [1.29, 1.82) is 0 Å². The second-order valence-corrected chi connectivity index (χ2v) is 6.26. The number of amides is 2. The molecule has 168 valence electrons. The first-order chi connectivity index (χ1) is 14.6. The summed E-state index contributed by atoms with van der Waals surface area (Å²) in [5.41, 5.74) is 0.711. The number of rotatable bonds is 6. The number of ether oxygens (including phenoxy) is 1. The average Bonchev–Trinajstić information content (AvgIpc) is 3.19. The van der Waals surface area contributed by atoms with Crippen molar-refractivity contribution in [3.05, 3.63) is 42.5 Å². The second-order valence-electron chi connectivity index (χ2n) is 6.26. The maximum Gasteiger partial charge on any atom is 0.490 e. The Hall–Kier alpha value is -3.57. The van der Waals surface area contributed by atoms with Gasteiger partial charge in [-0.15, -0.1) is 0 Å². The maximum absolute atomic E-state index is 12.1. The molecule has 2 amide bonds. The lowest BCUT2D eigenvalue weighted by Gasteiger charge is -2.29. The van der Waals surface area contributed by atoms with Gasteiger partial charge in [-0.1, -0.05) is 12.1 Å². The average molecular weight is 442 g/mol. The number of alkyl halides is 3. The van der Waals surface area contributed by atoms with Gasteiger partial charge in [0.25, 0.3) is 5.91 Å². The van der Waals surface area contributed by atoms with Crippen LogP contribution in [0.2, 0.25) is 0 Å². The predicted molar refractivity (Wildman–Crippen MR) is 102 cm³/mol. The lowest BCUT2D eigenvalue weighted by Crippen LogP contribution is -2.41. The third-order valence-electron chi connectivity index (χ3n) is 4.20. The molecular weight excluding hydrogens is 421 g/mol. The monoisotopic (exact) mass is 442 g/mol. The first-order valence-electron chi connectivity index (χ1n) is 9.22. The van der Waals surface area contributed by atoms with E-state index in [2.05, 4.69) is 10.3 Å². The van der Waals surface area contributed by atoms with Gasteiger partial charge in [0, 0.05) is 31.9 Å². The summed E-state index contributed by atoms with van der Waals surface area (Å²) in [5.74, 6) is -1.52. The molecule has 2 heterocycles. The first kappa shape index (κ1) is 23.7. The van der Waals surface area contributed by atoms with E-state index in [1.165, 1.54) is 0 Å². The number of carbonyl (C=O) groups is 3. The highest BCUT2D eigenvalue weighted by atomic mass is 19.4. The number of carboxylic acid groups (broad SMARTS) is 1. The smallest absolute Gasteiger partial charge is 0.482 e. The number of nitrogens with one attached hydrogen (secondary N) is 1. The number of anilines is 1. The van der Waals surface area contributed by atoms with Gasteiger partial charge in [0.1, 0.15) is 11.6 Å². The van der Waals surface area contributed by atoms with Crippen LogP contribution in [0.25, 0.3) is 0 Å². The molecule has 0 saturated heterocycles. The number of nitrogens with zero attached hydrogens (tertiary/aromatic N) is 3. The van der Waals surface area contributed by atoms with Gasteiger partial charge in [-0.05, 0) is 19.1 Å². The van der Waals surface area contributed by atoms with Gasteiger partial charge in [-0.3, -0.25) is 9.59 Å². The zero-order chi connectivity index (χ0) is 23.0. The molecule has 0 unspecified atom stereocenters. The highest BCUT2D eigenvalue weighted by molar-refractivity contribution is 5.98. The van der Waals surface area contributed by atoms with Crippen LogP contribution in [-0.2, 0) is 27.5 Å². The Morgan fingerprint density at radius 1 is 1.29 bits per heavy atom. The summed E-state index contributed by atoms with van der Waals surface area (Å²) in [6.07, 6.45) is -1.26. The van der Waals surface area contributed by atoms with Crippen LogP contribution in [0.3, 0.4) is 0 Å². The Kier molecular flexibility index (Phi) is 8.00. The number of aromatic nitrogens is 2. The number of benzene rings is 1. The first-order valence-corrected chi connectivity index (χ1v) is 9.22. The molecule has 12 heteroatoms. The highest BCUT2D eigenvalue weighted by Crippen LogP contribution is 2.31. The molecule has 3 rings (SSSR count). The fraction of sp³-hybridized carbons (Fsp3) is 0.368. The van der Waals surface area contributed by atoms with Gasteiger partial charge in [0.15, 0.2) is 6.61 Å². The minimum absolute atomic E-state index is 0.00652. The van der Waals surface area contributed by atoms with E-state index in [-0.39, 0.29) is 24.8 Å². The van der Waals surface area contributed by atoms with E-state index in [0.717, 1.165) is 12.4 Å². The van der Waals surface area contributed by atoms with Gasteiger partial charge >= 0.3 is 12.1 Å². The molecule has 0 fully saturated rings. The second kappa shape index (κ2) is 10.5. The van der Waals surface area contributed by atoms with Crippen LogP contribution < -0.4 is 15.0 Å². The zero-order valence-electron chi connectivity index (χ0n) is 16.6. The molecule has 1 aliphatic rings. The zero-order valence-corrected chi connectivity index (χ0v) is 16.6. The van der Waals surface area contributed by atoms with Gasteiger partial charge in [0.05, 0.1) is 12.2 Å². The molecular formula is C19H21F3N4O5. The molecule has 0 bridgehead atoms. The molecule has 31 heavy (non-hydrogen) atoms. The third kappa shape index (κ3) is 6.73. The van der Waals surface area contributed by atoms with Crippen LogP contribution in [0, 0.1) is 0 Å². The molecule has 0 aliphatic carbocycles. The highest BCUT2D eigenvalue weighted by Gasteiger charge is 2.38. The van der Waals surface area contributed by atoms with Crippen LogP contribution in [0.4, 0.5) is 18.9 Å².